The lowest BCUT2D eigenvalue weighted by molar-refractivity contribution is 0.102. The van der Waals surface area contributed by atoms with Crippen LogP contribution in [-0.4, -0.2) is 26.2 Å². The van der Waals surface area contributed by atoms with Crippen molar-refractivity contribution in [3.8, 4) is 17.2 Å². The summed E-state index contributed by atoms with van der Waals surface area (Å²) in [5.74, 6) is 1.17. The van der Waals surface area contributed by atoms with Crippen LogP contribution in [0.1, 0.15) is 10.4 Å². The highest BCUT2D eigenvalue weighted by atomic mass is 16.6. The van der Waals surface area contributed by atoms with Crippen molar-refractivity contribution in [1.29, 1.82) is 0 Å². The molecule has 1 amide bonds. The maximum absolute atomic E-state index is 12.5. The van der Waals surface area contributed by atoms with Gasteiger partial charge in [-0.2, -0.15) is 0 Å². The van der Waals surface area contributed by atoms with Crippen molar-refractivity contribution in [3.63, 3.8) is 0 Å². The molecule has 1 aliphatic heterocycles. The fraction of sp³-hybridized carbons (Fsp3) is 0.158. The maximum atomic E-state index is 12.5. The third kappa shape index (κ3) is 2.95. The van der Waals surface area contributed by atoms with Gasteiger partial charge >= 0.3 is 5.63 Å². The van der Waals surface area contributed by atoms with Gasteiger partial charge in [0, 0.05) is 23.2 Å². The summed E-state index contributed by atoms with van der Waals surface area (Å²) in [7, 11) is 1.52. The third-order valence-electron chi connectivity index (χ3n) is 3.99. The van der Waals surface area contributed by atoms with Gasteiger partial charge < -0.3 is 23.9 Å². The summed E-state index contributed by atoms with van der Waals surface area (Å²) >= 11 is 0. The highest BCUT2D eigenvalue weighted by Crippen LogP contribution is 2.32. The second-order valence-electron chi connectivity index (χ2n) is 5.66. The second-order valence-corrected chi connectivity index (χ2v) is 5.66. The summed E-state index contributed by atoms with van der Waals surface area (Å²) in [6.45, 7) is 0.934. The highest BCUT2D eigenvalue weighted by Gasteiger charge is 2.17. The fourth-order valence-electron chi connectivity index (χ4n) is 2.70. The zero-order chi connectivity index (χ0) is 18.1. The molecule has 1 N–H and O–H groups in total. The number of carbonyl (C=O) groups excluding carboxylic acids is 1. The Morgan fingerprint density at radius 1 is 1.04 bits per heavy atom. The third-order valence-corrected chi connectivity index (χ3v) is 3.99. The van der Waals surface area contributed by atoms with Crippen molar-refractivity contribution in [3.05, 3.63) is 58.4 Å². The molecular formula is C19H15NO6. The van der Waals surface area contributed by atoms with Crippen LogP contribution in [0.2, 0.25) is 0 Å². The van der Waals surface area contributed by atoms with Crippen molar-refractivity contribution in [2.45, 2.75) is 0 Å². The largest absolute Gasteiger partial charge is 0.497 e. The van der Waals surface area contributed by atoms with Crippen molar-refractivity contribution >= 4 is 22.6 Å². The summed E-state index contributed by atoms with van der Waals surface area (Å²) in [4.78, 5) is 24.7. The normalized spacial score (nSPS) is 12.7. The van der Waals surface area contributed by atoms with Gasteiger partial charge in [-0.05, 0) is 30.3 Å². The average molecular weight is 353 g/mol. The lowest BCUT2D eigenvalue weighted by Crippen LogP contribution is -2.21. The molecule has 0 atom stereocenters. The molecule has 3 aromatic rings. The lowest BCUT2D eigenvalue weighted by Gasteiger charge is -2.18. The molecule has 0 radical (unpaired) electrons. The van der Waals surface area contributed by atoms with Crippen LogP contribution in [0.3, 0.4) is 0 Å². The van der Waals surface area contributed by atoms with E-state index in [1.807, 2.05) is 0 Å². The van der Waals surface area contributed by atoms with E-state index in [-0.39, 0.29) is 5.56 Å². The molecule has 2 aromatic carbocycles. The minimum absolute atomic E-state index is 0.0856. The summed E-state index contributed by atoms with van der Waals surface area (Å²) in [6, 6.07) is 11.6. The molecule has 0 spiro atoms. The number of amides is 1. The predicted octanol–water partition coefficient (Wildman–Crippen LogP) is 2.83. The van der Waals surface area contributed by atoms with E-state index >= 15 is 0 Å². The minimum atomic E-state index is -0.721. The number of hydrogen-bond donors (Lipinski definition) is 1. The van der Waals surface area contributed by atoms with Crippen LogP contribution in [0.25, 0.3) is 11.0 Å². The number of rotatable bonds is 3. The van der Waals surface area contributed by atoms with E-state index in [9.17, 15) is 9.59 Å². The molecule has 0 fully saturated rings. The Hall–Kier alpha value is -3.48. The molecule has 0 unspecified atom stereocenters. The number of nitrogens with one attached hydrogen (secondary N) is 1. The minimum Gasteiger partial charge on any atom is -0.497 e. The van der Waals surface area contributed by atoms with E-state index in [4.69, 9.17) is 18.6 Å². The van der Waals surface area contributed by atoms with Crippen LogP contribution in [0.15, 0.2) is 51.7 Å². The monoisotopic (exact) mass is 353 g/mol. The van der Waals surface area contributed by atoms with Crippen molar-refractivity contribution in [2.75, 3.05) is 25.6 Å². The molecule has 2 heterocycles. The van der Waals surface area contributed by atoms with Gasteiger partial charge in [0.2, 0.25) is 0 Å². The topological polar surface area (TPSA) is 87.0 Å². The van der Waals surface area contributed by atoms with Gasteiger partial charge in [0.25, 0.3) is 5.91 Å². The average Bonchev–Trinajstić information content (AvgIpc) is 2.66. The predicted molar refractivity (Wildman–Crippen MR) is 94.4 cm³/mol. The Kier molecular flexibility index (Phi) is 3.96. The molecule has 132 valence electrons. The van der Waals surface area contributed by atoms with Crippen molar-refractivity contribution < 1.29 is 23.4 Å². The summed E-state index contributed by atoms with van der Waals surface area (Å²) in [5.41, 5.74) is 0.0389. The SMILES string of the molecule is COc1ccc2cc(C(=O)Nc3ccc4c(c3)OCCO4)c(=O)oc2c1. The number of carbonyl (C=O) groups is 1. The first-order valence-electron chi connectivity index (χ1n) is 7.97. The first-order chi connectivity index (χ1) is 12.6. The number of benzene rings is 2. The molecule has 0 bridgehead atoms. The van der Waals surface area contributed by atoms with Gasteiger partial charge in [-0.15, -0.1) is 0 Å². The van der Waals surface area contributed by atoms with E-state index in [0.29, 0.717) is 47.1 Å². The Morgan fingerprint density at radius 2 is 1.85 bits per heavy atom. The Bertz CT molecular complexity index is 1060. The van der Waals surface area contributed by atoms with Crippen LogP contribution < -0.4 is 25.2 Å². The van der Waals surface area contributed by atoms with Crippen molar-refractivity contribution in [2.24, 2.45) is 0 Å². The molecule has 26 heavy (non-hydrogen) atoms. The Labute approximate surface area is 148 Å². The molecule has 1 aromatic heterocycles. The highest BCUT2D eigenvalue weighted by molar-refractivity contribution is 6.05. The van der Waals surface area contributed by atoms with Gasteiger partial charge in [-0.25, -0.2) is 4.79 Å². The van der Waals surface area contributed by atoms with Crippen LogP contribution in [0.4, 0.5) is 5.69 Å². The van der Waals surface area contributed by atoms with Gasteiger partial charge in [0.05, 0.1) is 7.11 Å². The first-order valence-corrected chi connectivity index (χ1v) is 7.97. The maximum Gasteiger partial charge on any atom is 0.349 e. The quantitative estimate of drug-likeness (QED) is 0.729. The summed E-state index contributed by atoms with van der Waals surface area (Å²) in [5, 5.41) is 3.30. The summed E-state index contributed by atoms with van der Waals surface area (Å²) in [6.07, 6.45) is 0. The van der Waals surface area contributed by atoms with Crippen molar-refractivity contribution in [1.82, 2.24) is 0 Å². The van der Waals surface area contributed by atoms with Gasteiger partial charge in [-0.3, -0.25) is 4.79 Å². The van der Waals surface area contributed by atoms with E-state index in [2.05, 4.69) is 5.32 Å². The molecule has 7 heteroatoms. The molecule has 4 rings (SSSR count). The number of fused-ring (bicyclic) bond motifs is 2. The van der Waals surface area contributed by atoms with E-state index in [1.165, 1.54) is 13.2 Å². The van der Waals surface area contributed by atoms with Gasteiger partial charge in [0.1, 0.15) is 30.1 Å². The smallest absolute Gasteiger partial charge is 0.349 e. The zero-order valence-electron chi connectivity index (χ0n) is 13.9. The number of ether oxygens (including phenoxy) is 3. The lowest BCUT2D eigenvalue weighted by atomic mass is 10.1. The van der Waals surface area contributed by atoms with Crippen LogP contribution in [0, 0.1) is 0 Å². The van der Waals surface area contributed by atoms with Gasteiger partial charge in [-0.1, -0.05) is 0 Å². The molecular weight excluding hydrogens is 338 g/mol. The molecule has 0 saturated heterocycles. The van der Waals surface area contributed by atoms with E-state index in [0.717, 1.165) is 0 Å². The first kappa shape index (κ1) is 16.0. The zero-order valence-corrected chi connectivity index (χ0v) is 13.9. The second kappa shape index (κ2) is 6.44. The standard InChI is InChI=1S/C19H15NO6/c1-23-13-4-2-11-8-14(19(22)26-16(11)10-13)18(21)20-12-3-5-15-17(9-12)25-7-6-24-15/h2-5,8-10H,6-7H2,1H3,(H,20,21). The number of anilines is 1. The molecule has 0 aliphatic carbocycles. The van der Waals surface area contributed by atoms with Crippen LogP contribution >= 0.6 is 0 Å². The fourth-order valence-corrected chi connectivity index (χ4v) is 2.70. The molecule has 7 nitrogen and oxygen atoms in total. The Balaban J connectivity index is 1.63. The number of hydrogen-bond acceptors (Lipinski definition) is 6. The molecule has 0 saturated carbocycles. The van der Waals surface area contributed by atoms with E-state index in [1.54, 1.807) is 36.4 Å². The molecule has 1 aliphatic rings. The van der Waals surface area contributed by atoms with Crippen LogP contribution in [0.5, 0.6) is 17.2 Å². The summed E-state index contributed by atoms with van der Waals surface area (Å²) < 4.78 is 21.3. The Morgan fingerprint density at radius 3 is 2.65 bits per heavy atom. The van der Waals surface area contributed by atoms with Gasteiger partial charge in [0.15, 0.2) is 11.5 Å². The van der Waals surface area contributed by atoms with Crippen LogP contribution in [-0.2, 0) is 0 Å². The van der Waals surface area contributed by atoms with E-state index < -0.39 is 11.5 Å². The number of methoxy groups -OCH3 is 1.